The lowest BCUT2D eigenvalue weighted by molar-refractivity contribution is 0.232. The van der Waals surface area contributed by atoms with Gasteiger partial charge in [-0.1, -0.05) is 20.3 Å². The Hall–Kier alpha value is -1.36. The van der Waals surface area contributed by atoms with Crippen LogP contribution in [0.3, 0.4) is 0 Å². The molecule has 0 aromatic carbocycles. The van der Waals surface area contributed by atoms with E-state index in [0.717, 1.165) is 25.0 Å². The number of aryl methyl sites for hydroxylation is 1. The summed E-state index contributed by atoms with van der Waals surface area (Å²) in [5.41, 5.74) is 3.14. The van der Waals surface area contributed by atoms with Crippen LogP contribution in [0.15, 0.2) is 11.1 Å². The van der Waals surface area contributed by atoms with Gasteiger partial charge in [-0.25, -0.2) is 4.99 Å². The number of aromatic amines is 1. The molecule has 0 radical (unpaired) electrons. The van der Waals surface area contributed by atoms with E-state index < -0.39 is 0 Å². The van der Waals surface area contributed by atoms with Gasteiger partial charge < -0.3 is 0 Å². The Morgan fingerprint density at radius 3 is 3.00 bits per heavy atom. The van der Waals surface area contributed by atoms with Gasteiger partial charge in [-0.2, -0.15) is 5.10 Å². The molecule has 0 saturated heterocycles. The van der Waals surface area contributed by atoms with Crippen molar-refractivity contribution in [3.63, 3.8) is 0 Å². The van der Waals surface area contributed by atoms with E-state index in [1.165, 1.54) is 0 Å². The molecule has 15 heavy (non-hydrogen) atoms. The minimum absolute atomic E-state index is 0.517. The summed E-state index contributed by atoms with van der Waals surface area (Å²) in [7, 11) is 0. The molecular weight excluding hydrogens is 192 g/mol. The summed E-state index contributed by atoms with van der Waals surface area (Å²) in [6, 6.07) is 1.91. The highest BCUT2D eigenvalue weighted by Gasteiger charge is 2.00. The number of aromatic nitrogens is 2. The highest BCUT2D eigenvalue weighted by Crippen LogP contribution is 2.11. The van der Waals surface area contributed by atoms with E-state index in [1.54, 1.807) is 0 Å². The molecule has 0 atom stereocenters. The van der Waals surface area contributed by atoms with Crippen LogP contribution in [0.25, 0.3) is 0 Å². The van der Waals surface area contributed by atoms with Crippen LogP contribution in [0, 0.1) is 0 Å². The Morgan fingerprint density at radius 1 is 1.60 bits per heavy atom. The number of rotatable bonds is 5. The molecule has 84 valence electrons. The summed E-state index contributed by atoms with van der Waals surface area (Å²) in [5.74, 6) is 1.13. The first-order valence-electron chi connectivity index (χ1n) is 5.32. The van der Waals surface area contributed by atoms with Crippen LogP contribution in [0.4, 0.5) is 5.82 Å². The van der Waals surface area contributed by atoms with Crippen molar-refractivity contribution in [2.45, 2.75) is 39.5 Å². The number of hydrogen-bond acceptors (Lipinski definition) is 3. The minimum atomic E-state index is 0.517. The molecule has 0 unspecified atom stereocenters. The fourth-order valence-corrected chi connectivity index (χ4v) is 1.22. The topological polar surface area (TPSA) is 73.3 Å². The van der Waals surface area contributed by atoms with Crippen LogP contribution in [0.5, 0.6) is 0 Å². The van der Waals surface area contributed by atoms with Gasteiger partial charge in [0.15, 0.2) is 5.82 Å². The van der Waals surface area contributed by atoms with E-state index in [9.17, 15) is 0 Å². The normalized spacial score (nSPS) is 11.8. The first kappa shape index (κ1) is 11.7. The second kappa shape index (κ2) is 6.19. The van der Waals surface area contributed by atoms with Crippen LogP contribution in [0.2, 0.25) is 0 Å². The summed E-state index contributed by atoms with van der Waals surface area (Å²) in [5, 5.41) is 15.7. The third-order valence-corrected chi connectivity index (χ3v) is 2.13. The molecule has 5 nitrogen and oxygen atoms in total. The molecule has 0 fully saturated rings. The second-order valence-corrected chi connectivity index (χ2v) is 3.38. The van der Waals surface area contributed by atoms with E-state index >= 15 is 0 Å². The zero-order chi connectivity index (χ0) is 11.1. The maximum Gasteiger partial charge on any atom is 0.175 e. The van der Waals surface area contributed by atoms with E-state index in [2.05, 4.69) is 22.1 Å². The van der Waals surface area contributed by atoms with Gasteiger partial charge in [0.2, 0.25) is 0 Å². The maximum absolute atomic E-state index is 8.72. The Labute approximate surface area is 89.6 Å². The molecule has 0 aliphatic heterocycles. The molecule has 1 aromatic rings. The van der Waals surface area contributed by atoms with Crippen LogP contribution in [-0.2, 0) is 6.42 Å². The first-order valence-corrected chi connectivity index (χ1v) is 5.32. The number of aliphatic imine (C=N–C) groups is 1. The number of hydrogen-bond donors (Lipinski definition) is 3. The molecule has 0 aliphatic rings. The smallest absolute Gasteiger partial charge is 0.175 e. The molecule has 0 bridgehead atoms. The Balaban J connectivity index is 2.62. The molecule has 0 aliphatic carbocycles. The number of amidine groups is 1. The average Bonchev–Trinajstić information content (AvgIpc) is 2.70. The molecular formula is C10H18N4O. The molecule has 3 N–H and O–H groups in total. The van der Waals surface area contributed by atoms with Gasteiger partial charge in [0, 0.05) is 18.2 Å². The van der Waals surface area contributed by atoms with Crippen molar-refractivity contribution in [3.8, 4) is 0 Å². The molecule has 1 rings (SSSR count). The van der Waals surface area contributed by atoms with Gasteiger partial charge in [-0.05, 0) is 12.8 Å². The van der Waals surface area contributed by atoms with Crippen LogP contribution >= 0.6 is 0 Å². The summed E-state index contributed by atoms with van der Waals surface area (Å²) >= 11 is 0. The van der Waals surface area contributed by atoms with Gasteiger partial charge in [0.25, 0.3) is 0 Å². The molecule has 1 aromatic heterocycles. The van der Waals surface area contributed by atoms with E-state index in [-0.39, 0.29) is 0 Å². The molecule has 0 saturated carbocycles. The minimum Gasteiger partial charge on any atom is -0.290 e. The number of nitrogens with one attached hydrogen (secondary N) is 2. The Morgan fingerprint density at radius 2 is 2.40 bits per heavy atom. The van der Waals surface area contributed by atoms with E-state index in [4.69, 9.17) is 5.21 Å². The molecule has 0 spiro atoms. The summed E-state index contributed by atoms with van der Waals surface area (Å²) < 4.78 is 0. The highest BCUT2D eigenvalue weighted by molar-refractivity contribution is 5.82. The average molecular weight is 210 g/mol. The van der Waals surface area contributed by atoms with Crippen molar-refractivity contribution < 1.29 is 5.21 Å². The summed E-state index contributed by atoms with van der Waals surface area (Å²) in [6.07, 6.45) is 3.95. The monoisotopic (exact) mass is 210 g/mol. The van der Waals surface area contributed by atoms with Crippen molar-refractivity contribution in [1.29, 1.82) is 0 Å². The van der Waals surface area contributed by atoms with Crippen molar-refractivity contribution in [3.05, 3.63) is 11.8 Å². The van der Waals surface area contributed by atoms with Crippen LogP contribution in [0.1, 0.15) is 38.8 Å². The fourth-order valence-electron chi connectivity index (χ4n) is 1.22. The zero-order valence-electron chi connectivity index (χ0n) is 9.25. The summed E-state index contributed by atoms with van der Waals surface area (Å²) in [6.45, 7) is 4.06. The SMILES string of the molecule is CCCCc1cc(N=C(CC)NO)n[nH]1. The van der Waals surface area contributed by atoms with Gasteiger partial charge >= 0.3 is 0 Å². The number of H-pyrrole nitrogens is 1. The number of unbranched alkanes of at least 4 members (excludes halogenated alkanes) is 1. The van der Waals surface area contributed by atoms with Gasteiger partial charge in [0.1, 0.15) is 5.84 Å². The largest absolute Gasteiger partial charge is 0.290 e. The third-order valence-electron chi connectivity index (χ3n) is 2.13. The van der Waals surface area contributed by atoms with Crippen molar-refractivity contribution in [2.75, 3.05) is 0 Å². The maximum atomic E-state index is 8.72. The predicted molar refractivity (Wildman–Crippen MR) is 59.5 cm³/mol. The van der Waals surface area contributed by atoms with Crippen LogP contribution in [-0.4, -0.2) is 21.2 Å². The van der Waals surface area contributed by atoms with Crippen LogP contribution < -0.4 is 5.48 Å². The standard InChI is InChI=1S/C10H18N4O/c1-3-5-6-8-7-10(13-12-8)11-9(4-2)14-15/h7,15H,3-6H2,1-2H3,(H2,11,12,13,14). The lowest BCUT2D eigenvalue weighted by Crippen LogP contribution is -2.17. The van der Waals surface area contributed by atoms with Gasteiger partial charge in [0.05, 0.1) is 0 Å². The molecule has 0 amide bonds. The zero-order valence-corrected chi connectivity index (χ0v) is 9.25. The second-order valence-electron chi connectivity index (χ2n) is 3.38. The quantitative estimate of drug-likeness (QED) is 0.396. The summed E-state index contributed by atoms with van der Waals surface area (Å²) in [4.78, 5) is 4.14. The van der Waals surface area contributed by atoms with Crippen molar-refractivity contribution in [2.24, 2.45) is 4.99 Å². The van der Waals surface area contributed by atoms with E-state index in [1.807, 2.05) is 18.5 Å². The van der Waals surface area contributed by atoms with Crippen molar-refractivity contribution >= 4 is 11.7 Å². The number of nitrogens with zero attached hydrogens (tertiary/aromatic N) is 2. The third kappa shape index (κ3) is 3.71. The Kier molecular flexibility index (Phi) is 4.83. The lowest BCUT2D eigenvalue weighted by atomic mass is 10.2. The first-order chi connectivity index (χ1) is 7.30. The fraction of sp³-hybridized carbons (Fsp3) is 0.600. The molecule has 1 heterocycles. The van der Waals surface area contributed by atoms with Gasteiger partial charge in [-0.15, -0.1) is 0 Å². The highest BCUT2D eigenvalue weighted by atomic mass is 16.5. The van der Waals surface area contributed by atoms with E-state index in [0.29, 0.717) is 18.1 Å². The molecule has 5 heteroatoms. The van der Waals surface area contributed by atoms with Crippen molar-refractivity contribution in [1.82, 2.24) is 15.7 Å². The lowest BCUT2D eigenvalue weighted by Gasteiger charge is -1.97. The Bertz CT molecular complexity index is 313. The van der Waals surface area contributed by atoms with Gasteiger partial charge in [-0.3, -0.25) is 15.8 Å². The predicted octanol–water partition coefficient (Wildman–Crippen LogP) is 2.17. The number of hydroxylamine groups is 1.